The molecule has 0 aliphatic carbocycles. The number of aromatic nitrogens is 1. The number of ether oxygens (including phenoxy) is 1. The van der Waals surface area contributed by atoms with Crippen molar-refractivity contribution in [2.45, 2.75) is 13.0 Å². The Bertz CT molecular complexity index is 1360. The van der Waals surface area contributed by atoms with E-state index in [1.54, 1.807) is 31.2 Å². The van der Waals surface area contributed by atoms with Crippen molar-refractivity contribution in [3.8, 4) is 5.75 Å². The van der Waals surface area contributed by atoms with Gasteiger partial charge in [0, 0.05) is 10.0 Å². The van der Waals surface area contributed by atoms with Gasteiger partial charge in [-0.05, 0) is 36.8 Å². The monoisotopic (exact) mass is 484 g/mol. The van der Waals surface area contributed by atoms with Crippen molar-refractivity contribution < 1.29 is 14.6 Å². The van der Waals surface area contributed by atoms with Crippen LogP contribution in [0.25, 0.3) is 6.08 Å². The zero-order valence-electron chi connectivity index (χ0n) is 16.1. The van der Waals surface area contributed by atoms with E-state index in [1.165, 1.54) is 23.0 Å². The van der Waals surface area contributed by atoms with Gasteiger partial charge in [0.25, 0.3) is 5.56 Å². The number of fused-ring (bicyclic) bond motifs is 1. The molecule has 4 rings (SSSR count). The first kappa shape index (κ1) is 20.3. The van der Waals surface area contributed by atoms with Gasteiger partial charge in [0.15, 0.2) is 4.80 Å². The Morgan fingerprint density at radius 2 is 2.00 bits per heavy atom. The molecule has 2 heterocycles. The van der Waals surface area contributed by atoms with Crippen molar-refractivity contribution in [2.24, 2.45) is 4.99 Å². The number of benzene rings is 2. The van der Waals surface area contributed by atoms with E-state index in [2.05, 4.69) is 20.9 Å². The lowest BCUT2D eigenvalue weighted by atomic mass is 9.96. The molecule has 0 amide bonds. The first-order chi connectivity index (χ1) is 14.4. The summed E-state index contributed by atoms with van der Waals surface area (Å²) in [5.74, 6) is -0.459. The van der Waals surface area contributed by atoms with Crippen LogP contribution in [0.5, 0.6) is 5.75 Å². The van der Waals surface area contributed by atoms with Gasteiger partial charge in [-0.15, -0.1) is 0 Å². The quantitative estimate of drug-likeness (QED) is 0.579. The lowest BCUT2D eigenvalue weighted by Crippen LogP contribution is -2.39. The summed E-state index contributed by atoms with van der Waals surface area (Å²) in [6, 6.07) is 13.7. The fourth-order valence-electron chi connectivity index (χ4n) is 3.43. The fourth-order valence-corrected chi connectivity index (χ4v) is 4.84. The summed E-state index contributed by atoms with van der Waals surface area (Å²) >= 11 is 4.59. The van der Waals surface area contributed by atoms with Crippen LogP contribution in [0, 0.1) is 0 Å². The molecule has 6 nitrogen and oxygen atoms in total. The van der Waals surface area contributed by atoms with Crippen molar-refractivity contribution in [1.29, 1.82) is 0 Å². The maximum absolute atomic E-state index is 13.4. The normalized spacial score (nSPS) is 16.2. The summed E-state index contributed by atoms with van der Waals surface area (Å²) in [6.45, 7) is 1.74. The van der Waals surface area contributed by atoms with E-state index in [-0.39, 0.29) is 11.3 Å². The number of phenolic OH excluding ortho intramolecular Hbond substituents is 1. The van der Waals surface area contributed by atoms with Gasteiger partial charge in [-0.1, -0.05) is 57.6 Å². The van der Waals surface area contributed by atoms with E-state index >= 15 is 0 Å². The van der Waals surface area contributed by atoms with Crippen LogP contribution < -0.4 is 14.9 Å². The number of hydrogen-bond acceptors (Lipinski definition) is 6. The molecule has 1 N–H and O–H groups in total. The lowest BCUT2D eigenvalue weighted by molar-refractivity contribution is -0.136. The zero-order chi connectivity index (χ0) is 21.4. The van der Waals surface area contributed by atoms with Crippen LogP contribution in [0.15, 0.2) is 74.1 Å². The second-order valence-corrected chi connectivity index (χ2v) is 8.61. The van der Waals surface area contributed by atoms with Crippen molar-refractivity contribution in [3.05, 3.63) is 95.1 Å². The third-order valence-corrected chi connectivity index (χ3v) is 6.29. The van der Waals surface area contributed by atoms with E-state index in [4.69, 9.17) is 4.74 Å². The largest absolute Gasteiger partial charge is 0.507 e. The van der Waals surface area contributed by atoms with Crippen molar-refractivity contribution >= 4 is 39.3 Å². The van der Waals surface area contributed by atoms with Gasteiger partial charge in [0.05, 0.1) is 29.0 Å². The molecule has 1 aromatic heterocycles. The van der Waals surface area contributed by atoms with Crippen LogP contribution in [0.3, 0.4) is 0 Å². The molecule has 0 saturated heterocycles. The number of carbonyl (C=O) groups excluding carboxylic acids is 1. The molecule has 8 heteroatoms. The Balaban J connectivity index is 2.00. The number of nitrogens with zero attached hydrogens (tertiary/aromatic N) is 2. The second-order valence-electron chi connectivity index (χ2n) is 6.69. The molecular formula is C22H17BrN2O4S. The highest BCUT2D eigenvalue weighted by molar-refractivity contribution is 9.10. The van der Waals surface area contributed by atoms with Crippen LogP contribution >= 0.6 is 27.3 Å². The number of halogens is 1. The minimum atomic E-state index is -0.645. The molecule has 152 valence electrons. The number of methoxy groups -OCH3 is 1. The van der Waals surface area contributed by atoms with Crippen molar-refractivity contribution in [2.75, 3.05) is 7.11 Å². The number of carbonyl (C=O) groups is 1. The minimum absolute atomic E-state index is 0.0649. The molecular weight excluding hydrogens is 468 g/mol. The number of allylic oxidation sites excluding steroid dienone is 1. The van der Waals surface area contributed by atoms with Gasteiger partial charge in [0.2, 0.25) is 0 Å². The van der Waals surface area contributed by atoms with Crippen molar-refractivity contribution in [1.82, 2.24) is 4.57 Å². The number of esters is 1. The number of rotatable bonds is 3. The van der Waals surface area contributed by atoms with Gasteiger partial charge in [-0.3, -0.25) is 9.36 Å². The van der Waals surface area contributed by atoms with Crippen LogP contribution in [0.1, 0.15) is 24.1 Å². The summed E-state index contributed by atoms with van der Waals surface area (Å²) < 4.78 is 7.68. The Labute approximate surface area is 184 Å². The molecule has 1 aliphatic rings. The topological polar surface area (TPSA) is 80.9 Å². The molecule has 0 bridgehead atoms. The number of thiazole rings is 1. The first-order valence-electron chi connectivity index (χ1n) is 9.05. The van der Waals surface area contributed by atoms with Gasteiger partial charge < -0.3 is 9.84 Å². The highest BCUT2D eigenvalue weighted by atomic mass is 79.9. The summed E-state index contributed by atoms with van der Waals surface area (Å²) in [6.07, 6.45) is 1.63. The Kier molecular flexibility index (Phi) is 5.44. The summed E-state index contributed by atoms with van der Waals surface area (Å²) in [7, 11) is 1.31. The molecule has 3 aromatic rings. The average molecular weight is 485 g/mol. The number of aromatic hydroxyl groups is 1. The maximum Gasteiger partial charge on any atom is 0.338 e. The molecule has 0 radical (unpaired) electrons. The highest BCUT2D eigenvalue weighted by Gasteiger charge is 2.32. The van der Waals surface area contributed by atoms with E-state index in [0.29, 0.717) is 26.2 Å². The molecule has 1 atom stereocenters. The van der Waals surface area contributed by atoms with Crippen LogP contribution in [0.4, 0.5) is 0 Å². The van der Waals surface area contributed by atoms with Crippen LogP contribution in [0.2, 0.25) is 0 Å². The van der Waals surface area contributed by atoms with E-state index < -0.39 is 12.0 Å². The minimum Gasteiger partial charge on any atom is -0.507 e. The van der Waals surface area contributed by atoms with Gasteiger partial charge in [-0.2, -0.15) is 0 Å². The smallest absolute Gasteiger partial charge is 0.338 e. The lowest BCUT2D eigenvalue weighted by Gasteiger charge is -2.24. The fraction of sp³-hybridized carbons (Fsp3) is 0.136. The Morgan fingerprint density at radius 3 is 2.70 bits per heavy atom. The third kappa shape index (κ3) is 3.53. The van der Waals surface area contributed by atoms with Crippen molar-refractivity contribution in [3.63, 3.8) is 0 Å². The Morgan fingerprint density at radius 1 is 1.27 bits per heavy atom. The predicted octanol–water partition coefficient (Wildman–Crippen LogP) is 2.88. The molecule has 0 fully saturated rings. The van der Waals surface area contributed by atoms with Gasteiger partial charge >= 0.3 is 5.97 Å². The standard InChI is InChI=1S/C22H17BrN2O4S/c1-12-18(21(28)29-2)19(13-6-4-3-5-7-13)25-20(27)17(30-22(25)24-12)11-14-10-15(23)8-9-16(14)26/h3-11,19,26H,1-2H3/b17-11+. The van der Waals surface area contributed by atoms with Crippen LogP contribution in [-0.4, -0.2) is 22.8 Å². The molecule has 0 saturated carbocycles. The molecule has 0 spiro atoms. The van der Waals surface area contributed by atoms with E-state index in [0.717, 1.165) is 10.0 Å². The molecule has 2 aromatic carbocycles. The second kappa shape index (κ2) is 8.04. The summed E-state index contributed by atoms with van der Waals surface area (Å²) in [4.78, 5) is 30.9. The van der Waals surface area contributed by atoms with E-state index in [1.807, 2.05) is 30.3 Å². The summed E-state index contributed by atoms with van der Waals surface area (Å²) in [5.41, 5.74) is 1.84. The van der Waals surface area contributed by atoms with Crippen LogP contribution in [-0.2, 0) is 9.53 Å². The first-order valence-corrected chi connectivity index (χ1v) is 10.7. The molecule has 1 unspecified atom stereocenters. The van der Waals surface area contributed by atoms with Gasteiger partial charge in [-0.25, -0.2) is 9.79 Å². The number of phenols is 1. The maximum atomic E-state index is 13.4. The SMILES string of the molecule is COC(=O)C1=C(C)N=c2s/c(=C/c3cc(Br)ccc3O)c(=O)n2C1c1ccccc1. The highest BCUT2D eigenvalue weighted by Crippen LogP contribution is 2.30. The zero-order valence-corrected chi connectivity index (χ0v) is 18.5. The number of hydrogen-bond donors (Lipinski definition) is 1. The average Bonchev–Trinajstić information content (AvgIpc) is 3.04. The third-order valence-electron chi connectivity index (χ3n) is 4.82. The van der Waals surface area contributed by atoms with Gasteiger partial charge in [0.1, 0.15) is 5.75 Å². The Hall–Kier alpha value is -2.97. The van der Waals surface area contributed by atoms with E-state index in [9.17, 15) is 14.7 Å². The molecule has 30 heavy (non-hydrogen) atoms. The molecule has 1 aliphatic heterocycles. The summed E-state index contributed by atoms with van der Waals surface area (Å²) in [5, 5.41) is 10.2. The predicted molar refractivity (Wildman–Crippen MR) is 118 cm³/mol.